The number of carbonyl (C=O) groups excluding carboxylic acids is 2. The summed E-state index contributed by atoms with van der Waals surface area (Å²) in [4.78, 5) is 28.0. The number of amides is 2. The van der Waals surface area contributed by atoms with Crippen molar-refractivity contribution < 1.29 is 18.4 Å². The molecular weight excluding hydrogens is 302 g/mol. The molecule has 0 saturated carbocycles. The lowest BCUT2D eigenvalue weighted by Gasteiger charge is -2.37. The Kier molecular flexibility index (Phi) is 4.19. The molecule has 0 N–H and O–H groups in total. The zero-order valence-corrected chi connectivity index (χ0v) is 13.3. The summed E-state index contributed by atoms with van der Waals surface area (Å²) >= 11 is 0. The van der Waals surface area contributed by atoms with Gasteiger partial charge in [-0.05, 0) is 30.4 Å². The molecule has 0 radical (unpaired) electrons. The quantitative estimate of drug-likeness (QED) is 0.786. The fourth-order valence-electron chi connectivity index (χ4n) is 3.76. The van der Waals surface area contributed by atoms with Crippen molar-refractivity contribution in [3.8, 4) is 0 Å². The van der Waals surface area contributed by atoms with Gasteiger partial charge in [-0.1, -0.05) is 13.8 Å². The van der Waals surface area contributed by atoms with Crippen LogP contribution in [0.25, 0.3) is 0 Å². The molecular formula is C17H20F2N2O2. The van der Waals surface area contributed by atoms with Gasteiger partial charge < -0.3 is 0 Å². The molecule has 2 aliphatic heterocycles. The zero-order chi connectivity index (χ0) is 16.7. The van der Waals surface area contributed by atoms with E-state index in [-0.39, 0.29) is 23.9 Å². The Labute approximate surface area is 134 Å². The first-order valence-corrected chi connectivity index (χ1v) is 7.92. The van der Waals surface area contributed by atoms with Gasteiger partial charge in [0.2, 0.25) is 5.91 Å². The van der Waals surface area contributed by atoms with Gasteiger partial charge in [-0.3, -0.25) is 14.5 Å². The van der Waals surface area contributed by atoms with Crippen LogP contribution in [-0.2, 0) is 9.59 Å². The minimum Gasteiger partial charge on any atom is -0.291 e. The molecule has 124 valence electrons. The molecule has 2 heterocycles. The largest absolute Gasteiger partial charge is 0.291 e. The zero-order valence-electron chi connectivity index (χ0n) is 13.3. The maximum atomic E-state index is 13.4. The smallest absolute Gasteiger partial charge is 0.251 e. The standard InChI is InChI=1S/C17H20F2N2O2/c1-10-5-11(2)9-20(8-10)15-7-16(22)21(17(15)23)12-3-4-13(18)14(19)6-12/h3-4,6,10-11,15H,5,7-9H2,1-2H3/t10-,11-,15-/m1/s1. The second-order valence-corrected chi connectivity index (χ2v) is 6.79. The summed E-state index contributed by atoms with van der Waals surface area (Å²) in [6.07, 6.45) is 1.20. The van der Waals surface area contributed by atoms with E-state index in [0.29, 0.717) is 11.8 Å². The molecule has 2 amide bonds. The van der Waals surface area contributed by atoms with Gasteiger partial charge in [-0.15, -0.1) is 0 Å². The monoisotopic (exact) mass is 322 g/mol. The van der Waals surface area contributed by atoms with Gasteiger partial charge in [0.15, 0.2) is 11.6 Å². The molecule has 2 saturated heterocycles. The van der Waals surface area contributed by atoms with E-state index in [9.17, 15) is 18.4 Å². The van der Waals surface area contributed by atoms with Crippen molar-refractivity contribution in [2.75, 3.05) is 18.0 Å². The molecule has 2 aliphatic rings. The van der Waals surface area contributed by atoms with Crippen LogP contribution in [0.4, 0.5) is 14.5 Å². The number of carbonyl (C=O) groups is 2. The molecule has 2 fully saturated rings. The van der Waals surface area contributed by atoms with Gasteiger partial charge in [0.25, 0.3) is 5.91 Å². The highest BCUT2D eigenvalue weighted by atomic mass is 19.2. The Morgan fingerprint density at radius 1 is 1.04 bits per heavy atom. The summed E-state index contributed by atoms with van der Waals surface area (Å²) < 4.78 is 26.5. The molecule has 0 aliphatic carbocycles. The third-order valence-electron chi connectivity index (χ3n) is 4.62. The number of nitrogens with zero attached hydrogens (tertiary/aromatic N) is 2. The van der Waals surface area contributed by atoms with E-state index in [0.717, 1.165) is 36.5 Å². The maximum Gasteiger partial charge on any atom is 0.251 e. The van der Waals surface area contributed by atoms with Crippen LogP contribution in [0.1, 0.15) is 26.7 Å². The molecule has 1 aromatic rings. The van der Waals surface area contributed by atoms with Crippen LogP contribution in [0.5, 0.6) is 0 Å². The van der Waals surface area contributed by atoms with Crippen molar-refractivity contribution in [3.63, 3.8) is 0 Å². The van der Waals surface area contributed by atoms with E-state index in [1.165, 1.54) is 6.07 Å². The minimum absolute atomic E-state index is 0.0945. The number of likely N-dealkylation sites (tertiary alicyclic amines) is 1. The molecule has 4 nitrogen and oxygen atoms in total. The molecule has 1 aromatic carbocycles. The van der Waals surface area contributed by atoms with Crippen molar-refractivity contribution in [1.82, 2.24) is 4.90 Å². The first-order valence-electron chi connectivity index (χ1n) is 7.92. The van der Waals surface area contributed by atoms with Crippen LogP contribution in [0, 0.1) is 23.5 Å². The summed E-state index contributed by atoms with van der Waals surface area (Å²) in [7, 11) is 0. The lowest BCUT2D eigenvalue weighted by molar-refractivity contribution is -0.123. The molecule has 6 heteroatoms. The van der Waals surface area contributed by atoms with Crippen LogP contribution in [0.15, 0.2) is 18.2 Å². The van der Waals surface area contributed by atoms with Gasteiger partial charge in [0, 0.05) is 19.2 Å². The average molecular weight is 322 g/mol. The highest BCUT2D eigenvalue weighted by Gasteiger charge is 2.44. The number of halogens is 2. The average Bonchev–Trinajstić information content (AvgIpc) is 2.76. The summed E-state index contributed by atoms with van der Waals surface area (Å²) in [5, 5.41) is 0. The van der Waals surface area contributed by atoms with Gasteiger partial charge in [0.1, 0.15) is 0 Å². The van der Waals surface area contributed by atoms with Crippen LogP contribution in [-0.4, -0.2) is 35.8 Å². The minimum atomic E-state index is -1.06. The Balaban J connectivity index is 1.83. The Hall–Kier alpha value is -1.82. The highest BCUT2D eigenvalue weighted by Crippen LogP contribution is 2.30. The van der Waals surface area contributed by atoms with Crippen molar-refractivity contribution >= 4 is 17.5 Å². The number of hydrogen-bond donors (Lipinski definition) is 0. The van der Waals surface area contributed by atoms with Crippen molar-refractivity contribution in [2.45, 2.75) is 32.7 Å². The lowest BCUT2D eigenvalue weighted by atomic mass is 9.90. The lowest BCUT2D eigenvalue weighted by Crippen LogP contribution is -2.48. The van der Waals surface area contributed by atoms with E-state index < -0.39 is 17.7 Å². The molecule has 3 atom stereocenters. The molecule has 23 heavy (non-hydrogen) atoms. The van der Waals surface area contributed by atoms with Gasteiger partial charge in [-0.25, -0.2) is 13.7 Å². The highest BCUT2D eigenvalue weighted by molar-refractivity contribution is 6.22. The third kappa shape index (κ3) is 3.00. The van der Waals surface area contributed by atoms with Gasteiger partial charge >= 0.3 is 0 Å². The predicted molar refractivity (Wildman–Crippen MR) is 81.8 cm³/mol. The van der Waals surface area contributed by atoms with E-state index in [2.05, 4.69) is 18.7 Å². The summed E-state index contributed by atoms with van der Waals surface area (Å²) in [5.74, 6) is -1.83. The van der Waals surface area contributed by atoms with Gasteiger partial charge in [0.05, 0.1) is 18.2 Å². The normalized spacial score (nSPS) is 29.4. The number of piperidine rings is 1. The van der Waals surface area contributed by atoms with E-state index in [4.69, 9.17) is 0 Å². The van der Waals surface area contributed by atoms with Crippen LogP contribution in [0.2, 0.25) is 0 Å². The number of benzene rings is 1. The number of imide groups is 1. The first kappa shape index (κ1) is 16.1. The maximum absolute atomic E-state index is 13.4. The second kappa shape index (κ2) is 6.00. The topological polar surface area (TPSA) is 40.6 Å². The Bertz CT molecular complexity index is 639. The number of hydrogen-bond acceptors (Lipinski definition) is 3. The molecule has 0 unspecified atom stereocenters. The van der Waals surface area contributed by atoms with Crippen LogP contribution >= 0.6 is 0 Å². The van der Waals surface area contributed by atoms with Crippen LogP contribution < -0.4 is 4.90 Å². The van der Waals surface area contributed by atoms with E-state index >= 15 is 0 Å². The van der Waals surface area contributed by atoms with Gasteiger partial charge in [-0.2, -0.15) is 0 Å². The Morgan fingerprint density at radius 2 is 1.70 bits per heavy atom. The fourth-order valence-corrected chi connectivity index (χ4v) is 3.76. The summed E-state index contributed by atoms with van der Waals surface area (Å²) in [5.41, 5.74) is 0.0968. The summed E-state index contributed by atoms with van der Waals surface area (Å²) in [6, 6.07) is 2.59. The SMILES string of the molecule is C[C@@H]1C[C@@H](C)CN([C@@H]2CC(=O)N(c3ccc(F)c(F)c3)C2=O)C1. The Morgan fingerprint density at radius 3 is 2.30 bits per heavy atom. The summed E-state index contributed by atoms with van der Waals surface area (Å²) in [6.45, 7) is 5.83. The van der Waals surface area contributed by atoms with Crippen LogP contribution in [0.3, 0.4) is 0 Å². The fraction of sp³-hybridized carbons (Fsp3) is 0.529. The van der Waals surface area contributed by atoms with Crippen molar-refractivity contribution in [2.24, 2.45) is 11.8 Å². The molecule has 3 rings (SSSR count). The number of rotatable bonds is 2. The molecule has 0 spiro atoms. The number of anilines is 1. The van der Waals surface area contributed by atoms with Crippen molar-refractivity contribution in [1.29, 1.82) is 0 Å². The van der Waals surface area contributed by atoms with E-state index in [1.807, 2.05) is 0 Å². The van der Waals surface area contributed by atoms with E-state index in [1.54, 1.807) is 0 Å². The van der Waals surface area contributed by atoms with Crippen molar-refractivity contribution in [3.05, 3.63) is 29.8 Å². The third-order valence-corrected chi connectivity index (χ3v) is 4.62. The first-order chi connectivity index (χ1) is 10.9. The molecule has 0 bridgehead atoms. The molecule has 0 aromatic heterocycles. The second-order valence-electron chi connectivity index (χ2n) is 6.79. The predicted octanol–water partition coefficient (Wildman–Crippen LogP) is 2.57.